The molecule has 1 heterocycles. The Morgan fingerprint density at radius 2 is 2.14 bits per heavy atom. The van der Waals surface area contributed by atoms with Crippen molar-refractivity contribution in [2.75, 3.05) is 11.9 Å². The molecular formula is C14H20N4O3. The highest BCUT2D eigenvalue weighted by molar-refractivity contribution is 5.99. The molecule has 7 nitrogen and oxygen atoms in total. The summed E-state index contributed by atoms with van der Waals surface area (Å²) in [6, 6.07) is 1.44. The maximum atomic E-state index is 12.4. The van der Waals surface area contributed by atoms with Gasteiger partial charge in [0.1, 0.15) is 17.6 Å². The van der Waals surface area contributed by atoms with E-state index in [9.17, 15) is 14.9 Å². The van der Waals surface area contributed by atoms with Gasteiger partial charge in [-0.1, -0.05) is 12.8 Å². The molecule has 1 fully saturated rings. The first-order valence-electron chi connectivity index (χ1n) is 7.16. The summed E-state index contributed by atoms with van der Waals surface area (Å²) >= 11 is 0. The fourth-order valence-electron chi connectivity index (χ4n) is 2.68. The van der Waals surface area contributed by atoms with E-state index in [-0.39, 0.29) is 16.8 Å². The molecule has 0 bridgehead atoms. The van der Waals surface area contributed by atoms with Gasteiger partial charge in [0, 0.05) is 18.2 Å². The average Bonchev–Trinajstić information content (AvgIpc) is 2.85. The fourth-order valence-corrected chi connectivity index (χ4v) is 2.68. The molecule has 1 amide bonds. The van der Waals surface area contributed by atoms with Crippen LogP contribution in [0.3, 0.4) is 0 Å². The van der Waals surface area contributed by atoms with Crippen LogP contribution in [-0.4, -0.2) is 27.9 Å². The van der Waals surface area contributed by atoms with Gasteiger partial charge in [0.15, 0.2) is 0 Å². The van der Waals surface area contributed by atoms with Gasteiger partial charge in [-0.2, -0.15) is 0 Å². The molecule has 1 aromatic rings. The Labute approximate surface area is 123 Å². The van der Waals surface area contributed by atoms with Crippen molar-refractivity contribution in [1.82, 2.24) is 10.3 Å². The highest BCUT2D eigenvalue weighted by Crippen LogP contribution is 2.30. The first kappa shape index (κ1) is 15.2. The minimum atomic E-state index is -0.575. The molecule has 1 saturated carbocycles. The molecule has 0 unspecified atom stereocenters. The SMILES string of the molecule is CCNc1cc(C(=O)NC2(C)CCCC2)c([N+](=O)[O-])cn1. The van der Waals surface area contributed by atoms with E-state index in [1.54, 1.807) is 0 Å². The van der Waals surface area contributed by atoms with Crippen LogP contribution in [0.2, 0.25) is 0 Å². The zero-order valence-electron chi connectivity index (χ0n) is 12.3. The lowest BCUT2D eigenvalue weighted by atomic mass is 10.00. The number of pyridine rings is 1. The summed E-state index contributed by atoms with van der Waals surface area (Å²) in [4.78, 5) is 26.9. The van der Waals surface area contributed by atoms with Gasteiger partial charge in [-0.05, 0) is 26.7 Å². The topological polar surface area (TPSA) is 97.2 Å². The molecule has 0 aliphatic heterocycles. The van der Waals surface area contributed by atoms with Gasteiger partial charge in [-0.25, -0.2) is 4.98 Å². The number of anilines is 1. The number of nitrogens with one attached hydrogen (secondary N) is 2. The second-order valence-electron chi connectivity index (χ2n) is 5.60. The number of hydrogen-bond donors (Lipinski definition) is 2. The third-order valence-electron chi connectivity index (χ3n) is 3.80. The molecule has 2 rings (SSSR count). The molecule has 2 N–H and O–H groups in total. The molecule has 0 aromatic carbocycles. The van der Waals surface area contributed by atoms with Crippen LogP contribution >= 0.6 is 0 Å². The van der Waals surface area contributed by atoms with Crippen molar-refractivity contribution in [3.8, 4) is 0 Å². The molecule has 1 aliphatic carbocycles. The molecule has 114 valence electrons. The van der Waals surface area contributed by atoms with Crippen molar-refractivity contribution in [1.29, 1.82) is 0 Å². The van der Waals surface area contributed by atoms with Crippen LogP contribution in [0, 0.1) is 10.1 Å². The van der Waals surface area contributed by atoms with Crippen LogP contribution in [-0.2, 0) is 0 Å². The van der Waals surface area contributed by atoms with Crippen LogP contribution in [0.15, 0.2) is 12.3 Å². The maximum Gasteiger partial charge on any atom is 0.300 e. The number of amides is 1. The Kier molecular flexibility index (Phi) is 4.40. The van der Waals surface area contributed by atoms with Crippen LogP contribution in [0.5, 0.6) is 0 Å². The quantitative estimate of drug-likeness (QED) is 0.642. The first-order chi connectivity index (χ1) is 9.95. The Morgan fingerprint density at radius 1 is 1.48 bits per heavy atom. The number of aromatic nitrogens is 1. The Hall–Kier alpha value is -2.18. The summed E-state index contributed by atoms with van der Waals surface area (Å²) < 4.78 is 0. The summed E-state index contributed by atoms with van der Waals surface area (Å²) in [6.45, 7) is 4.50. The summed E-state index contributed by atoms with van der Waals surface area (Å²) in [6.07, 6.45) is 5.06. The minimum absolute atomic E-state index is 0.0547. The number of nitrogens with zero attached hydrogens (tertiary/aromatic N) is 2. The Bertz CT molecular complexity index is 553. The Morgan fingerprint density at radius 3 is 2.71 bits per heavy atom. The van der Waals surface area contributed by atoms with Gasteiger partial charge in [0.05, 0.1) is 4.92 Å². The van der Waals surface area contributed by atoms with Gasteiger partial charge < -0.3 is 10.6 Å². The number of nitro groups is 1. The molecule has 0 saturated heterocycles. The third kappa shape index (κ3) is 3.48. The van der Waals surface area contributed by atoms with Crippen LogP contribution in [0.1, 0.15) is 49.9 Å². The van der Waals surface area contributed by atoms with Crippen molar-refractivity contribution in [3.63, 3.8) is 0 Å². The molecule has 7 heteroatoms. The Balaban J connectivity index is 2.28. The minimum Gasteiger partial charge on any atom is -0.370 e. The van der Waals surface area contributed by atoms with Crippen molar-refractivity contribution in [3.05, 3.63) is 27.9 Å². The predicted octanol–water partition coefficient (Wildman–Crippen LogP) is 2.48. The molecule has 0 atom stereocenters. The largest absolute Gasteiger partial charge is 0.370 e. The standard InChI is InChI=1S/C14H20N4O3/c1-3-15-12-8-10(11(9-16-12)18(20)21)13(19)17-14(2)6-4-5-7-14/h8-9H,3-7H2,1-2H3,(H,15,16)(H,17,19). The molecule has 1 aromatic heterocycles. The van der Waals surface area contributed by atoms with E-state index in [0.29, 0.717) is 12.4 Å². The summed E-state index contributed by atoms with van der Waals surface area (Å²) in [5, 5.41) is 17.0. The average molecular weight is 292 g/mol. The van der Waals surface area contributed by atoms with Gasteiger partial charge in [-0.3, -0.25) is 14.9 Å². The van der Waals surface area contributed by atoms with Crippen molar-refractivity contribution in [2.45, 2.75) is 45.1 Å². The highest BCUT2D eigenvalue weighted by atomic mass is 16.6. The maximum absolute atomic E-state index is 12.4. The highest BCUT2D eigenvalue weighted by Gasteiger charge is 2.32. The van der Waals surface area contributed by atoms with E-state index < -0.39 is 10.8 Å². The van der Waals surface area contributed by atoms with E-state index in [4.69, 9.17) is 0 Å². The van der Waals surface area contributed by atoms with E-state index in [2.05, 4.69) is 15.6 Å². The number of carbonyl (C=O) groups is 1. The second kappa shape index (κ2) is 6.07. The lowest BCUT2D eigenvalue weighted by Crippen LogP contribution is -2.43. The second-order valence-corrected chi connectivity index (χ2v) is 5.60. The molecule has 1 aliphatic rings. The number of rotatable bonds is 5. The van der Waals surface area contributed by atoms with Gasteiger partial charge >= 0.3 is 0 Å². The first-order valence-corrected chi connectivity index (χ1v) is 7.16. The summed E-state index contributed by atoms with van der Waals surface area (Å²) in [5.41, 5.74) is -0.484. The number of carbonyl (C=O) groups excluding carboxylic acids is 1. The van der Waals surface area contributed by atoms with E-state index >= 15 is 0 Å². The molecule has 21 heavy (non-hydrogen) atoms. The lowest BCUT2D eigenvalue weighted by molar-refractivity contribution is -0.385. The van der Waals surface area contributed by atoms with Gasteiger partial charge in [-0.15, -0.1) is 0 Å². The van der Waals surface area contributed by atoms with Crippen LogP contribution < -0.4 is 10.6 Å². The van der Waals surface area contributed by atoms with E-state index in [1.165, 1.54) is 6.07 Å². The predicted molar refractivity (Wildman–Crippen MR) is 79.4 cm³/mol. The van der Waals surface area contributed by atoms with Crippen molar-refractivity contribution in [2.24, 2.45) is 0 Å². The number of hydrogen-bond acceptors (Lipinski definition) is 5. The fraction of sp³-hybridized carbons (Fsp3) is 0.571. The normalized spacial score (nSPS) is 16.5. The zero-order valence-corrected chi connectivity index (χ0v) is 12.3. The van der Waals surface area contributed by atoms with Crippen molar-refractivity contribution >= 4 is 17.4 Å². The molecule has 0 radical (unpaired) electrons. The summed E-state index contributed by atoms with van der Waals surface area (Å²) in [5.74, 6) is 0.0532. The zero-order chi connectivity index (χ0) is 15.5. The van der Waals surface area contributed by atoms with Crippen molar-refractivity contribution < 1.29 is 9.72 Å². The van der Waals surface area contributed by atoms with E-state index in [0.717, 1.165) is 31.9 Å². The van der Waals surface area contributed by atoms with Crippen LogP contribution in [0.25, 0.3) is 0 Å². The monoisotopic (exact) mass is 292 g/mol. The van der Waals surface area contributed by atoms with E-state index in [1.807, 2.05) is 13.8 Å². The molecule has 0 spiro atoms. The van der Waals surface area contributed by atoms with Crippen LogP contribution in [0.4, 0.5) is 11.5 Å². The van der Waals surface area contributed by atoms with Gasteiger partial charge in [0.25, 0.3) is 11.6 Å². The van der Waals surface area contributed by atoms with Gasteiger partial charge in [0.2, 0.25) is 0 Å². The lowest BCUT2D eigenvalue weighted by Gasteiger charge is -2.25. The smallest absolute Gasteiger partial charge is 0.300 e. The third-order valence-corrected chi connectivity index (χ3v) is 3.80. The summed E-state index contributed by atoms with van der Waals surface area (Å²) in [7, 11) is 0. The molecular weight excluding hydrogens is 272 g/mol.